The molecule has 0 bridgehead atoms. The predicted octanol–water partition coefficient (Wildman–Crippen LogP) is 4.69. The molecule has 190 valence electrons. The summed E-state index contributed by atoms with van der Waals surface area (Å²) in [5.74, 6) is 3.15. The second kappa shape index (κ2) is 11.2. The summed E-state index contributed by atoms with van der Waals surface area (Å²) in [5.41, 5.74) is 4.21. The van der Waals surface area contributed by atoms with E-state index in [4.69, 9.17) is 18.7 Å². The Morgan fingerprint density at radius 3 is 2.49 bits per heavy atom. The minimum absolute atomic E-state index is 0.0747. The van der Waals surface area contributed by atoms with Crippen molar-refractivity contribution in [2.75, 3.05) is 13.9 Å². The number of hydrogen-bond donors (Lipinski definition) is 1. The Morgan fingerprint density at radius 2 is 1.70 bits per heavy atom. The van der Waals surface area contributed by atoms with E-state index in [2.05, 4.69) is 15.5 Å². The zero-order chi connectivity index (χ0) is 25.6. The van der Waals surface area contributed by atoms with E-state index in [1.165, 1.54) is 0 Å². The van der Waals surface area contributed by atoms with Gasteiger partial charge in [-0.2, -0.15) is 4.98 Å². The van der Waals surface area contributed by atoms with Gasteiger partial charge in [-0.15, -0.1) is 0 Å². The smallest absolute Gasteiger partial charge is 0.231 e. The first-order chi connectivity index (χ1) is 18.1. The minimum atomic E-state index is -0.118. The molecule has 1 unspecified atom stereocenters. The number of benzene rings is 3. The van der Waals surface area contributed by atoms with Gasteiger partial charge in [0, 0.05) is 24.4 Å². The lowest BCUT2D eigenvalue weighted by atomic mass is 9.98. The highest BCUT2D eigenvalue weighted by Crippen LogP contribution is 2.33. The maximum absolute atomic E-state index is 12.9. The number of carbonyl (C=O) groups is 1. The van der Waals surface area contributed by atoms with Crippen LogP contribution in [-0.4, -0.2) is 36.0 Å². The maximum atomic E-state index is 12.9. The van der Waals surface area contributed by atoms with Crippen molar-refractivity contribution in [3.05, 3.63) is 89.3 Å². The molecule has 0 spiro atoms. The molecule has 0 radical (unpaired) electrons. The molecule has 1 N–H and O–H groups in total. The lowest BCUT2D eigenvalue weighted by molar-refractivity contribution is -0.121. The molecule has 1 aromatic heterocycles. The van der Waals surface area contributed by atoms with Gasteiger partial charge < -0.3 is 24.1 Å². The van der Waals surface area contributed by atoms with E-state index in [-0.39, 0.29) is 25.2 Å². The fraction of sp³-hybridized carbons (Fsp3) is 0.276. The van der Waals surface area contributed by atoms with E-state index in [0.717, 1.165) is 39.5 Å². The van der Waals surface area contributed by atoms with Gasteiger partial charge in [-0.25, -0.2) is 0 Å². The summed E-state index contributed by atoms with van der Waals surface area (Å²) in [6, 6.07) is 21.6. The summed E-state index contributed by atoms with van der Waals surface area (Å²) in [6.45, 7) is 2.25. The van der Waals surface area contributed by atoms with E-state index >= 15 is 0 Å². The summed E-state index contributed by atoms with van der Waals surface area (Å²) in [5, 5.41) is 7.25. The molecule has 0 fully saturated rings. The first kappa shape index (κ1) is 24.4. The minimum Gasteiger partial charge on any atom is -0.497 e. The molecule has 1 aliphatic heterocycles. The van der Waals surface area contributed by atoms with Crippen LogP contribution in [0.4, 0.5) is 0 Å². The highest BCUT2D eigenvalue weighted by molar-refractivity contribution is 5.76. The molecular weight excluding hydrogens is 470 g/mol. The van der Waals surface area contributed by atoms with Gasteiger partial charge in [-0.05, 0) is 55.2 Å². The molecule has 8 heteroatoms. The number of hydrogen-bond acceptors (Lipinski definition) is 7. The van der Waals surface area contributed by atoms with Crippen molar-refractivity contribution < 1.29 is 23.5 Å². The van der Waals surface area contributed by atoms with E-state index < -0.39 is 0 Å². The zero-order valence-electron chi connectivity index (χ0n) is 20.9. The van der Waals surface area contributed by atoms with Crippen LogP contribution in [-0.2, 0) is 24.1 Å². The molecule has 1 aliphatic rings. The number of methoxy groups -OCH3 is 1. The van der Waals surface area contributed by atoms with Crippen LogP contribution in [0.15, 0.2) is 71.3 Å². The van der Waals surface area contributed by atoms with Crippen molar-refractivity contribution in [3.8, 4) is 28.6 Å². The van der Waals surface area contributed by atoms with E-state index in [0.29, 0.717) is 31.0 Å². The van der Waals surface area contributed by atoms with Crippen LogP contribution in [0.1, 0.15) is 29.0 Å². The fourth-order valence-corrected chi connectivity index (χ4v) is 4.27. The van der Waals surface area contributed by atoms with E-state index in [1.54, 1.807) is 7.11 Å². The molecule has 37 heavy (non-hydrogen) atoms. The van der Waals surface area contributed by atoms with Crippen LogP contribution in [0.3, 0.4) is 0 Å². The van der Waals surface area contributed by atoms with Crippen LogP contribution >= 0.6 is 0 Å². The lowest BCUT2D eigenvalue weighted by Gasteiger charge is -2.19. The number of amides is 1. The molecule has 0 saturated carbocycles. The number of aryl methyl sites for hydroxylation is 2. The number of rotatable bonds is 10. The third-order valence-electron chi connectivity index (χ3n) is 6.27. The molecule has 0 aliphatic carbocycles. The maximum Gasteiger partial charge on any atom is 0.231 e. The van der Waals surface area contributed by atoms with Gasteiger partial charge in [0.25, 0.3) is 0 Å². The first-order valence-corrected chi connectivity index (χ1v) is 12.3. The monoisotopic (exact) mass is 499 g/mol. The second-order valence-corrected chi connectivity index (χ2v) is 9.09. The number of carbonyl (C=O) groups excluding carboxylic acids is 1. The molecular formula is C29H29N3O5. The Kier molecular flexibility index (Phi) is 7.35. The van der Waals surface area contributed by atoms with Crippen molar-refractivity contribution in [2.24, 2.45) is 0 Å². The number of fused-ring (bicyclic) bond motifs is 1. The number of aromatic nitrogens is 2. The molecule has 8 nitrogen and oxygen atoms in total. The molecule has 1 atom stereocenters. The van der Waals surface area contributed by atoms with Crippen molar-refractivity contribution in [1.29, 1.82) is 0 Å². The van der Waals surface area contributed by atoms with Crippen molar-refractivity contribution in [2.45, 2.75) is 38.6 Å². The van der Waals surface area contributed by atoms with Gasteiger partial charge >= 0.3 is 0 Å². The SMILES string of the molecule is COc1ccc(CC(Cc2ccc3c(c2)OCO3)NC(=O)CCc2nc(-c3ccc(C)cc3)no2)cc1. The van der Waals surface area contributed by atoms with E-state index in [1.807, 2.05) is 73.7 Å². The number of ether oxygens (including phenoxy) is 3. The average Bonchev–Trinajstić information content (AvgIpc) is 3.58. The molecule has 1 amide bonds. The van der Waals surface area contributed by atoms with Crippen molar-refractivity contribution >= 4 is 5.91 Å². The Bertz CT molecular complexity index is 1350. The molecule has 2 heterocycles. The van der Waals surface area contributed by atoms with Gasteiger partial charge in [-0.3, -0.25) is 4.79 Å². The van der Waals surface area contributed by atoms with Gasteiger partial charge in [-0.1, -0.05) is 53.2 Å². The zero-order valence-corrected chi connectivity index (χ0v) is 20.9. The first-order valence-electron chi connectivity index (χ1n) is 12.3. The number of nitrogens with zero attached hydrogens (tertiary/aromatic N) is 2. The summed E-state index contributed by atoms with van der Waals surface area (Å²) in [4.78, 5) is 17.4. The number of nitrogens with one attached hydrogen (secondary N) is 1. The van der Waals surface area contributed by atoms with Gasteiger partial charge in [0.1, 0.15) is 5.75 Å². The summed E-state index contributed by atoms with van der Waals surface area (Å²) >= 11 is 0. The van der Waals surface area contributed by atoms with Crippen LogP contribution in [0.25, 0.3) is 11.4 Å². The van der Waals surface area contributed by atoms with Crippen molar-refractivity contribution in [1.82, 2.24) is 15.5 Å². The van der Waals surface area contributed by atoms with Gasteiger partial charge in [0.15, 0.2) is 11.5 Å². The predicted molar refractivity (Wildman–Crippen MR) is 138 cm³/mol. The summed E-state index contributed by atoms with van der Waals surface area (Å²) in [7, 11) is 1.64. The third-order valence-corrected chi connectivity index (χ3v) is 6.27. The van der Waals surface area contributed by atoms with Gasteiger partial charge in [0.05, 0.1) is 7.11 Å². The van der Waals surface area contributed by atoms with Gasteiger partial charge in [0.2, 0.25) is 24.4 Å². The Balaban J connectivity index is 1.23. The van der Waals surface area contributed by atoms with Crippen LogP contribution < -0.4 is 19.5 Å². The molecule has 5 rings (SSSR count). The normalized spacial score (nSPS) is 12.8. The highest BCUT2D eigenvalue weighted by Gasteiger charge is 2.19. The molecule has 3 aromatic carbocycles. The Labute approximate surface area is 215 Å². The third kappa shape index (κ3) is 6.27. The Morgan fingerprint density at radius 1 is 0.973 bits per heavy atom. The quantitative estimate of drug-likeness (QED) is 0.338. The molecule has 4 aromatic rings. The molecule has 0 saturated heterocycles. The van der Waals surface area contributed by atoms with Crippen LogP contribution in [0.5, 0.6) is 17.2 Å². The lowest BCUT2D eigenvalue weighted by Crippen LogP contribution is -2.38. The topological polar surface area (TPSA) is 95.7 Å². The highest BCUT2D eigenvalue weighted by atomic mass is 16.7. The summed E-state index contributed by atoms with van der Waals surface area (Å²) in [6.07, 6.45) is 1.93. The Hall–Kier alpha value is -4.33. The fourth-order valence-electron chi connectivity index (χ4n) is 4.27. The van der Waals surface area contributed by atoms with Crippen molar-refractivity contribution in [3.63, 3.8) is 0 Å². The summed E-state index contributed by atoms with van der Waals surface area (Å²) < 4.78 is 21.6. The van der Waals surface area contributed by atoms with Crippen LogP contribution in [0.2, 0.25) is 0 Å². The van der Waals surface area contributed by atoms with E-state index in [9.17, 15) is 4.79 Å². The standard InChI is InChI=1S/C29H29N3O5/c1-19-3-8-22(9-4-19)29-31-28(37-32-29)14-13-27(33)30-23(15-20-5-10-24(34-2)11-6-20)16-21-7-12-25-26(17-21)36-18-35-25/h3-12,17,23H,13-16,18H2,1-2H3,(H,30,33). The average molecular weight is 500 g/mol. The largest absolute Gasteiger partial charge is 0.497 e. The second-order valence-electron chi connectivity index (χ2n) is 9.09. The van der Waals surface area contributed by atoms with Crippen LogP contribution in [0, 0.1) is 6.92 Å².